The molecule has 0 saturated carbocycles. The van der Waals surface area contributed by atoms with E-state index < -0.39 is 0 Å². The van der Waals surface area contributed by atoms with Gasteiger partial charge >= 0.3 is 0 Å². The van der Waals surface area contributed by atoms with Crippen LogP contribution >= 0.6 is 11.6 Å². The zero-order valence-electron chi connectivity index (χ0n) is 21.0. The van der Waals surface area contributed by atoms with Gasteiger partial charge in [0.25, 0.3) is 0 Å². The minimum absolute atomic E-state index is 0.00442. The second-order valence-electron chi connectivity index (χ2n) is 9.74. The van der Waals surface area contributed by atoms with Crippen molar-refractivity contribution in [3.05, 3.63) is 53.4 Å². The Balaban J connectivity index is 1.41. The molecule has 0 aliphatic carbocycles. The lowest BCUT2D eigenvalue weighted by molar-refractivity contribution is 0.0261. The number of nitrogens with one attached hydrogen (secondary N) is 2. The SMILES string of the molecule is N#Cc1cnc2cc(OCCC3CCCN3)cc(OC3CCOCC3)c2c1Nc1cc(Cl)cc2occc12. The summed E-state index contributed by atoms with van der Waals surface area (Å²) in [5.74, 6) is 1.32. The first-order valence-electron chi connectivity index (χ1n) is 13.1. The molecule has 4 aromatic rings. The smallest absolute Gasteiger partial charge is 0.137 e. The molecule has 38 heavy (non-hydrogen) atoms. The number of rotatable bonds is 8. The molecule has 0 radical (unpaired) electrons. The van der Waals surface area contributed by atoms with Crippen LogP contribution < -0.4 is 20.1 Å². The largest absolute Gasteiger partial charge is 0.493 e. The average molecular weight is 533 g/mol. The number of aromatic nitrogens is 1. The summed E-state index contributed by atoms with van der Waals surface area (Å²) in [4.78, 5) is 4.62. The Bertz CT molecular complexity index is 1490. The first-order valence-corrected chi connectivity index (χ1v) is 13.5. The van der Waals surface area contributed by atoms with Crippen molar-refractivity contribution in [3.8, 4) is 17.6 Å². The van der Waals surface area contributed by atoms with E-state index in [-0.39, 0.29) is 6.10 Å². The molecule has 4 heterocycles. The van der Waals surface area contributed by atoms with Crippen LogP contribution in [0.15, 0.2) is 47.2 Å². The van der Waals surface area contributed by atoms with Crippen LogP contribution in [0.1, 0.15) is 37.7 Å². The van der Waals surface area contributed by atoms with Gasteiger partial charge in [0.2, 0.25) is 0 Å². The second-order valence-corrected chi connectivity index (χ2v) is 10.2. The quantitative estimate of drug-likeness (QED) is 0.271. The van der Waals surface area contributed by atoms with Gasteiger partial charge in [0.1, 0.15) is 29.3 Å². The van der Waals surface area contributed by atoms with Gasteiger partial charge in [-0.2, -0.15) is 5.26 Å². The molecule has 2 aromatic heterocycles. The Hall–Kier alpha value is -3.51. The van der Waals surface area contributed by atoms with Gasteiger partial charge in [-0.25, -0.2) is 0 Å². The third-order valence-electron chi connectivity index (χ3n) is 7.18. The van der Waals surface area contributed by atoms with Crippen LogP contribution in [0, 0.1) is 11.3 Å². The molecule has 2 aromatic carbocycles. The van der Waals surface area contributed by atoms with Gasteiger partial charge in [-0.3, -0.25) is 4.98 Å². The van der Waals surface area contributed by atoms with Crippen LogP contribution in [0.25, 0.3) is 21.9 Å². The van der Waals surface area contributed by atoms with E-state index in [1.54, 1.807) is 18.5 Å². The summed E-state index contributed by atoms with van der Waals surface area (Å²) in [6.07, 6.45) is 8.10. The fourth-order valence-corrected chi connectivity index (χ4v) is 5.43. The van der Waals surface area contributed by atoms with E-state index >= 15 is 0 Å². The molecule has 0 bridgehead atoms. The summed E-state index contributed by atoms with van der Waals surface area (Å²) >= 11 is 6.38. The fourth-order valence-electron chi connectivity index (χ4n) is 5.22. The van der Waals surface area contributed by atoms with Gasteiger partial charge in [0.15, 0.2) is 0 Å². The Morgan fingerprint density at radius 3 is 2.89 bits per heavy atom. The molecule has 6 rings (SSSR count). The molecule has 2 N–H and O–H groups in total. The van der Waals surface area contributed by atoms with Crippen molar-refractivity contribution in [2.45, 2.75) is 44.2 Å². The third-order valence-corrected chi connectivity index (χ3v) is 7.40. The summed E-state index contributed by atoms with van der Waals surface area (Å²) in [5, 5.41) is 19.1. The molecule has 2 aliphatic heterocycles. The first-order chi connectivity index (χ1) is 18.7. The molecule has 2 aliphatic rings. The number of pyridine rings is 1. The van der Waals surface area contributed by atoms with E-state index in [4.69, 9.17) is 30.2 Å². The summed E-state index contributed by atoms with van der Waals surface area (Å²) in [5.41, 5.74) is 3.06. The Kier molecular flexibility index (Phi) is 7.23. The number of furan rings is 1. The Morgan fingerprint density at radius 2 is 2.08 bits per heavy atom. The molecular formula is C29H29ClN4O4. The van der Waals surface area contributed by atoms with Crippen molar-refractivity contribution in [2.24, 2.45) is 0 Å². The standard InChI is InChI=1S/C29H29ClN4O4/c30-19-12-24(23-6-11-37-26(23)13-19)34-29-18(16-31)17-33-25-14-22(36-10-3-20-2-1-7-32-20)15-27(28(25)29)38-21-4-8-35-9-5-21/h6,11-15,17,20-21,32H,1-5,7-10H2,(H,33,34). The van der Waals surface area contributed by atoms with Gasteiger partial charge in [-0.1, -0.05) is 11.6 Å². The number of hydrogen-bond acceptors (Lipinski definition) is 8. The molecule has 196 valence electrons. The zero-order valence-corrected chi connectivity index (χ0v) is 21.7. The van der Waals surface area contributed by atoms with E-state index in [1.165, 1.54) is 12.8 Å². The third kappa shape index (κ3) is 5.23. The predicted octanol–water partition coefficient (Wildman–Crippen LogP) is 6.33. The molecule has 0 spiro atoms. The summed E-state index contributed by atoms with van der Waals surface area (Å²) in [6, 6.07) is 12.1. The predicted molar refractivity (Wildman–Crippen MR) is 147 cm³/mol. The molecule has 8 nitrogen and oxygen atoms in total. The van der Waals surface area contributed by atoms with E-state index in [0.29, 0.717) is 64.7 Å². The van der Waals surface area contributed by atoms with E-state index in [9.17, 15) is 5.26 Å². The van der Waals surface area contributed by atoms with Crippen LogP contribution in [0.2, 0.25) is 5.02 Å². The number of benzene rings is 2. The van der Waals surface area contributed by atoms with E-state index in [1.807, 2.05) is 24.3 Å². The first kappa shape index (κ1) is 24.8. The molecule has 1 unspecified atom stereocenters. The fraction of sp³-hybridized carbons (Fsp3) is 0.379. The number of anilines is 2. The number of halogens is 1. The molecule has 0 amide bonds. The number of nitriles is 1. The van der Waals surface area contributed by atoms with Crippen LogP contribution in [0.5, 0.6) is 11.5 Å². The van der Waals surface area contributed by atoms with Crippen LogP contribution in [-0.4, -0.2) is 43.5 Å². The minimum atomic E-state index is -0.00442. The lowest BCUT2D eigenvalue weighted by Crippen LogP contribution is -2.26. The van der Waals surface area contributed by atoms with Gasteiger partial charge in [0.05, 0.1) is 53.9 Å². The Labute approximate surface area is 225 Å². The van der Waals surface area contributed by atoms with Crippen LogP contribution in [-0.2, 0) is 4.74 Å². The number of hydrogen-bond donors (Lipinski definition) is 2. The van der Waals surface area contributed by atoms with Gasteiger partial charge in [0, 0.05) is 53.7 Å². The maximum atomic E-state index is 10.0. The van der Waals surface area contributed by atoms with Crippen molar-refractivity contribution in [2.75, 3.05) is 31.7 Å². The van der Waals surface area contributed by atoms with Crippen molar-refractivity contribution in [3.63, 3.8) is 0 Å². The number of fused-ring (bicyclic) bond motifs is 2. The highest BCUT2D eigenvalue weighted by Gasteiger charge is 2.22. The lowest BCUT2D eigenvalue weighted by Gasteiger charge is -2.25. The summed E-state index contributed by atoms with van der Waals surface area (Å²) in [7, 11) is 0. The normalized spacial score (nSPS) is 18.1. The highest BCUT2D eigenvalue weighted by Crippen LogP contribution is 2.41. The average Bonchev–Trinajstić information content (AvgIpc) is 3.62. The number of ether oxygens (including phenoxy) is 3. The molecule has 1 atom stereocenters. The van der Waals surface area contributed by atoms with Gasteiger partial charge < -0.3 is 29.3 Å². The monoisotopic (exact) mass is 532 g/mol. The highest BCUT2D eigenvalue weighted by atomic mass is 35.5. The molecule has 9 heteroatoms. The Morgan fingerprint density at radius 1 is 1.18 bits per heavy atom. The topological polar surface area (TPSA) is 102 Å². The molecular weight excluding hydrogens is 504 g/mol. The number of nitrogens with zero attached hydrogens (tertiary/aromatic N) is 2. The maximum Gasteiger partial charge on any atom is 0.137 e. The van der Waals surface area contributed by atoms with Crippen molar-refractivity contribution in [1.82, 2.24) is 10.3 Å². The van der Waals surface area contributed by atoms with Gasteiger partial charge in [-0.05, 0) is 37.9 Å². The highest BCUT2D eigenvalue weighted by molar-refractivity contribution is 6.31. The summed E-state index contributed by atoms with van der Waals surface area (Å²) in [6.45, 7) is 2.98. The zero-order chi connectivity index (χ0) is 25.9. The van der Waals surface area contributed by atoms with Crippen LogP contribution in [0.4, 0.5) is 11.4 Å². The lowest BCUT2D eigenvalue weighted by atomic mass is 10.1. The second kappa shape index (κ2) is 11.1. The maximum absolute atomic E-state index is 10.0. The van der Waals surface area contributed by atoms with E-state index in [2.05, 4.69) is 21.7 Å². The molecule has 2 saturated heterocycles. The van der Waals surface area contributed by atoms with E-state index in [0.717, 1.165) is 42.3 Å². The van der Waals surface area contributed by atoms with Crippen molar-refractivity contribution < 1.29 is 18.6 Å². The summed E-state index contributed by atoms with van der Waals surface area (Å²) < 4.78 is 23.9. The molecule has 2 fully saturated rings. The van der Waals surface area contributed by atoms with Gasteiger partial charge in [-0.15, -0.1) is 0 Å². The van der Waals surface area contributed by atoms with Crippen molar-refractivity contribution in [1.29, 1.82) is 5.26 Å². The minimum Gasteiger partial charge on any atom is -0.493 e. The van der Waals surface area contributed by atoms with Crippen molar-refractivity contribution >= 4 is 44.8 Å². The van der Waals surface area contributed by atoms with Crippen LogP contribution in [0.3, 0.4) is 0 Å².